The minimum Gasteiger partial charge on any atom is -0.474 e. The maximum absolute atomic E-state index is 12.4. The number of carbonyl (C=O) groups excluding carboxylic acids is 1. The number of carbonyl (C=O) groups is 1. The Morgan fingerprint density at radius 2 is 1.90 bits per heavy atom. The van der Waals surface area contributed by atoms with Crippen LogP contribution < -0.4 is 10.5 Å². The molecule has 0 radical (unpaired) electrons. The molecule has 2 rings (SSSR count). The summed E-state index contributed by atoms with van der Waals surface area (Å²) in [6, 6.07) is 2.15. The Hall–Kier alpha value is -1.79. The van der Waals surface area contributed by atoms with E-state index in [-0.39, 0.29) is 23.8 Å². The summed E-state index contributed by atoms with van der Waals surface area (Å²) < 4.78 is 42.6. The fraction of sp³-hybridized carbons (Fsp3) is 0.538. The summed E-state index contributed by atoms with van der Waals surface area (Å²) in [4.78, 5) is 14.7. The van der Waals surface area contributed by atoms with Crippen LogP contribution in [0.15, 0.2) is 18.3 Å². The molecule has 1 aliphatic rings. The fourth-order valence-electron chi connectivity index (χ4n) is 2.25. The zero-order chi connectivity index (χ0) is 14.8. The Labute approximate surface area is 114 Å². The molecule has 0 aliphatic heterocycles. The summed E-state index contributed by atoms with van der Waals surface area (Å²) in [6.45, 7) is 0. The van der Waals surface area contributed by atoms with Gasteiger partial charge in [-0.25, -0.2) is 4.98 Å². The lowest BCUT2D eigenvalue weighted by Gasteiger charge is -2.26. The first-order chi connectivity index (χ1) is 9.36. The van der Waals surface area contributed by atoms with Crippen molar-refractivity contribution in [3.63, 3.8) is 0 Å². The van der Waals surface area contributed by atoms with Crippen LogP contribution in [0.5, 0.6) is 5.88 Å². The number of pyridine rings is 1. The number of alkyl halides is 3. The Morgan fingerprint density at radius 1 is 1.25 bits per heavy atom. The molecule has 1 amide bonds. The number of nitrogens with zero attached hydrogens (tertiary/aromatic N) is 1. The van der Waals surface area contributed by atoms with E-state index in [9.17, 15) is 18.0 Å². The summed E-state index contributed by atoms with van der Waals surface area (Å²) in [5.41, 5.74) is 4.42. The van der Waals surface area contributed by atoms with E-state index in [2.05, 4.69) is 4.98 Å². The van der Waals surface area contributed by atoms with E-state index in [0.29, 0.717) is 25.7 Å². The van der Waals surface area contributed by atoms with Gasteiger partial charge in [-0.2, -0.15) is 13.2 Å². The molecule has 0 spiro atoms. The quantitative estimate of drug-likeness (QED) is 0.929. The maximum Gasteiger partial charge on any atom is 0.417 e. The minimum absolute atomic E-state index is 0.129. The molecule has 1 aromatic heterocycles. The molecule has 1 heterocycles. The molecule has 1 fully saturated rings. The van der Waals surface area contributed by atoms with Gasteiger partial charge in [0.15, 0.2) is 0 Å². The first-order valence-corrected chi connectivity index (χ1v) is 6.35. The molecule has 1 saturated carbocycles. The van der Waals surface area contributed by atoms with E-state index in [1.165, 1.54) is 6.07 Å². The Morgan fingerprint density at radius 3 is 2.35 bits per heavy atom. The number of hydrogen-bond acceptors (Lipinski definition) is 3. The Balaban J connectivity index is 1.90. The third kappa shape index (κ3) is 3.61. The monoisotopic (exact) mass is 288 g/mol. The molecule has 0 unspecified atom stereocenters. The summed E-state index contributed by atoms with van der Waals surface area (Å²) >= 11 is 0. The number of rotatable bonds is 3. The molecule has 7 heteroatoms. The van der Waals surface area contributed by atoms with Crippen molar-refractivity contribution in [2.24, 2.45) is 11.7 Å². The van der Waals surface area contributed by atoms with Crippen LogP contribution in [0.3, 0.4) is 0 Å². The summed E-state index contributed by atoms with van der Waals surface area (Å²) in [6.07, 6.45) is -1.20. The molecule has 1 aliphatic carbocycles. The van der Waals surface area contributed by atoms with Gasteiger partial charge in [0.1, 0.15) is 6.10 Å². The van der Waals surface area contributed by atoms with Crippen LogP contribution >= 0.6 is 0 Å². The number of nitrogens with two attached hydrogens (primary N) is 1. The number of primary amides is 1. The first-order valence-electron chi connectivity index (χ1n) is 6.35. The van der Waals surface area contributed by atoms with E-state index in [1.807, 2.05) is 0 Å². The van der Waals surface area contributed by atoms with Crippen LogP contribution in [-0.4, -0.2) is 17.0 Å². The molecule has 20 heavy (non-hydrogen) atoms. The molecule has 1 aromatic rings. The third-order valence-corrected chi connectivity index (χ3v) is 3.43. The number of ether oxygens (including phenoxy) is 1. The van der Waals surface area contributed by atoms with Crippen LogP contribution in [0.4, 0.5) is 13.2 Å². The second kappa shape index (κ2) is 5.68. The van der Waals surface area contributed by atoms with E-state index in [4.69, 9.17) is 10.5 Å². The van der Waals surface area contributed by atoms with Crippen molar-refractivity contribution >= 4 is 5.91 Å². The predicted molar refractivity (Wildman–Crippen MR) is 64.8 cm³/mol. The summed E-state index contributed by atoms with van der Waals surface area (Å²) in [7, 11) is 0. The lowest BCUT2D eigenvalue weighted by molar-refractivity contribution is -0.137. The van der Waals surface area contributed by atoms with E-state index < -0.39 is 11.7 Å². The smallest absolute Gasteiger partial charge is 0.417 e. The average molecular weight is 288 g/mol. The lowest BCUT2D eigenvalue weighted by atomic mass is 9.87. The standard InChI is InChI=1S/C13H15F3N2O2/c14-13(15,16)9-3-6-11(18-7-9)20-10-4-1-8(2-5-10)12(17)19/h3,6-8,10H,1-2,4-5H2,(H2,17,19). The highest BCUT2D eigenvalue weighted by molar-refractivity contribution is 5.76. The largest absolute Gasteiger partial charge is 0.474 e. The molecular weight excluding hydrogens is 273 g/mol. The van der Waals surface area contributed by atoms with Crippen LogP contribution in [0.25, 0.3) is 0 Å². The fourth-order valence-corrected chi connectivity index (χ4v) is 2.25. The number of aromatic nitrogens is 1. The summed E-state index contributed by atoms with van der Waals surface area (Å²) in [5, 5.41) is 0. The highest BCUT2D eigenvalue weighted by atomic mass is 19.4. The molecule has 110 valence electrons. The van der Waals surface area contributed by atoms with Crippen molar-refractivity contribution in [2.75, 3.05) is 0 Å². The Kier molecular flexibility index (Phi) is 4.15. The van der Waals surface area contributed by atoms with Gasteiger partial charge in [-0.15, -0.1) is 0 Å². The lowest BCUT2D eigenvalue weighted by Crippen LogP contribution is -2.31. The Bertz CT molecular complexity index is 465. The van der Waals surface area contributed by atoms with Crippen molar-refractivity contribution in [1.29, 1.82) is 0 Å². The normalized spacial score (nSPS) is 23.4. The van der Waals surface area contributed by atoms with Gasteiger partial charge in [0.25, 0.3) is 0 Å². The first kappa shape index (κ1) is 14.6. The van der Waals surface area contributed by atoms with Gasteiger partial charge >= 0.3 is 6.18 Å². The van der Waals surface area contributed by atoms with E-state index in [1.54, 1.807) is 0 Å². The molecular formula is C13H15F3N2O2. The second-order valence-electron chi connectivity index (χ2n) is 4.88. The van der Waals surface area contributed by atoms with Gasteiger partial charge in [-0.1, -0.05) is 0 Å². The maximum atomic E-state index is 12.4. The number of hydrogen-bond donors (Lipinski definition) is 1. The zero-order valence-electron chi connectivity index (χ0n) is 10.7. The van der Waals surface area contributed by atoms with Crippen molar-refractivity contribution in [2.45, 2.75) is 38.0 Å². The predicted octanol–water partition coefficient (Wildman–Crippen LogP) is 2.52. The van der Waals surface area contributed by atoms with Crippen molar-refractivity contribution < 1.29 is 22.7 Å². The van der Waals surface area contributed by atoms with Gasteiger partial charge in [0.2, 0.25) is 11.8 Å². The van der Waals surface area contributed by atoms with Crippen LogP contribution in [0.2, 0.25) is 0 Å². The molecule has 0 aromatic carbocycles. The SMILES string of the molecule is NC(=O)C1CCC(Oc2ccc(C(F)(F)F)cn2)CC1. The van der Waals surface area contributed by atoms with Gasteiger partial charge < -0.3 is 10.5 Å². The molecule has 0 atom stereocenters. The summed E-state index contributed by atoms with van der Waals surface area (Å²) in [5.74, 6) is -0.271. The van der Waals surface area contributed by atoms with Gasteiger partial charge in [0, 0.05) is 18.2 Å². The molecule has 0 saturated heterocycles. The second-order valence-corrected chi connectivity index (χ2v) is 4.88. The minimum atomic E-state index is -4.40. The van der Waals surface area contributed by atoms with Crippen LogP contribution in [-0.2, 0) is 11.0 Å². The van der Waals surface area contributed by atoms with Crippen LogP contribution in [0, 0.1) is 5.92 Å². The van der Waals surface area contributed by atoms with Gasteiger partial charge in [0.05, 0.1) is 5.56 Å². The van der Waals surface area contributed by atoms with Crippen LogP contribution in [0.1, 0.15) is 31.2 Å². The number of halogens is 3. The van der Waals surface area contributed by atoms with Gasteiger partial charge in [-0.05, 0) is 31.7 Å². The number of amides is 1. The van der Waals surface area contributed by atoms with E-state index >= 15 is 0 Å². The zero-order valence-corrected chi connectivity index (χ0v) is 10.7. The third-order valence-electron chi connectivity index (χ3n) is 3.43. The molecule has 0 bridgehead atoms. The van der Waals surface area contributed by atoms with Crippen molar-refractivity contribution in [1.82, 2.24) is 4.98 Å². The van der Waals surface area contributed by atoms with Crippen molar-refractivity contribution in [3.05, 3.63) is 23.9 Å². The average Bonchev–Trinajstić information content (AvgIpc) is 2.39. The van der Waals surface area contributed by atoms with Gasteiger partial charge in [-0.3, -0.25) is 4.79 Å². The highest BCUT2D eigenvalue weighted by Crippen LogP contribution is 2.30. The highest BCUT2D eigenvalue weighted by Gasteiger charge is 2.31. The molecule has 4 nitrogen and oxygen atoms in total. The van der Waals surface area contributed by atoms with E-state index in [0.717, 1.165) is 12.3 Å². The topological polar surface area (TPSA) is 65.2 Å². The molecule has 2 N–H and O–H groups in total. The van der Waals surface area contributed by atoms with Crippen molar-refractivity contribution in [3.8, 4) is 5.88 Å².